The Kier molecular flexibility index (Phi) is 6.37. The molecule has 1 fully saturated rings. The van der Waals surface area contributed by atoms with Crippen LogP contribution < -0.4 is 10.1 Å². The molecule has 0 bridgehead atoms. The zero-order valence-electron chi connectivity index (χ0n) is 17.2. The lowest BCUT2D eigenvalue weighted by Crippen LogP contribution is -2.19. The van der Waals surface area contributed by atoms with E-state index in [1.165, 1.54) is 11.8 Å². The molecule has 160 valence electrons. The number of carbonyl (C=O) groups is 2. The minimum Gasteiger partial charge on any atom is -0.497 e. The Morgan fingerprint density at radius 1 is 1.06 bits per heavy atom. The Hall–Kier alpha value is -3.84. The minimum absolute atomic E-state index is 0.0359. The maximum absolute atomic E-state index is 12.4. The number of thioether (sulfide) groups is 1. The molecular weight excluding hydrogens is 424 g/mol. The van der Waals surface area contributed by atoms with Gasteiger partial charge >= 0.3 is 5.97 Å². The first-order valence-corrected chi connectivity index (χ1v) is 10.7. The number of aliphatic carboxylic acids is 1. The van der Waals surface area contributed by atoms with Gasteiger partial charge in [0.25, 0.3) is 5.91 Å². The highest BCUT2D eigenvalue weighted by Gasteiger charge is 2.23. The number of methoxy groups -OCH3 is 1. The molecule has 0 saturated carbocycles. The van der Waals surface area contributed by atoms with Crippen LogP contribution in [-0.2, 0) is 16.0 Å². The first-order chi connectivity index (χ1) is 15.5. The van der Waals surface area contributed by atoms with Gasteiger partial charge in [0.2, 0.25) is 0 Å². The van der Waals surface area contributed by atoms with Crippen molar-refractivity contribution in [3.63, 3.8) is 0 Å². The lowest BCUT2D eigenvalue weighted by molar-refractivity contribution is -0.136. The topological polar surface area (TPSA) is 88.0 Å². The van der Waals surface area contributed by atoms with Crippen molar-refractivity contribution < 1.29 is 19.4 Å². The average Bonchev–Trinajstić information content (AvgIpc) is 3.13. The smallest absolute Gasteiger partial charge is 0.307 e. The molecule has 1 aliphatic rings. The first kappa shape index (κ1) is 21.4. The molecule has 3 aromatic carbocycles. The van der Waals surface area contributed by atoms with Crippen LogP contribution in [0.3, 0.4) is 0 Å². The zero-order valence-corrected chi connectivity index (χ0v) is 18.1. The van der Waals surface area contributed by atoms with Crippen molar-refractivity contribution >= 4 is 40.6 Å². The molecule has 1 saturated heterocycles. The second kappa shape index (κ2) is 9.53. The number of aliphatic imine (C=N–C) groups is 1. The van der Waals surface area contributed by atoms with Crippen molar-refractivity contribution in [3.8, 4) is 16.9 Å². The van der Waals surface area contributed by atoms with E-state index in [0.717, 1.165) is 22.4 Å². The van der Waals surface area contributed by atoms with Crippen molar-refractivity contribution in [2.75, 3.05) is 7.11 Å². The van der Waals surface area contributed by atoms with Gasteiger partial charge in [-0.2, -0.15) is 0 Å². The van der Waals surface area contributed by atoms with Crippen LogP contribution in [0.15, 0.2) is 82.7 Å². The van der Waals surface area contributed by atoms with E-state index < -0.39 is 5.97 Å². The Morgan fingerprint density at radius 2 is 1.81 bits per heavy atom. The fraction of sp³-hybridized carbons (Fsp3) is 0.0800. The number of carboxylic acid groups (broad SMARTS) is 1. The summed E-state index contributed by atoms with van der Waals surface area (Å²) in [5, 5.41) is 12.1. The van der Waals surface area contributed by atoms with E-state index in [4.69, 9.17) is 9.84 Å². The second-order valence-corrected chi connectivity index (χ2v) is 8.10. The van der Waals surface area contributed by atoms with Crippen LogP contribution in [0, 0.1) is 0 Å². The van der Waals surface area contributed by atoms with Crippen LogP contribution in [0.5, 0.6) is 5.75 Å². The molecule has 32 heavy (non-hydrogen) atoms. The van der Waals surface area contributed by atoms with Gasteiger partial charge in [-0.15, -0.1) is 0 Å². The molecule has 7 heteroatoms. The number of ether oxygens (including phenoxy) is 1. The molecule has 1 heterocycles. The predicted molar refractivity (Wildman–Crippen MR) is 127 cm³/mol. The van der Waals surface area contributed by atoms with E-state index >= 15 is 0 Å². The molecule has 0 aromatic heterocycles. The SMILES string of the molecule is COc1cccc(-c2ccc(C=C3SC(=Nc4ccc(CC(=O)O)cc4)NC3=O)cc2)c1. The molecule has 0 unspecified atom stereocenters. The van der Waals surface area contributed by atoms with Gasteiger partial charge < -0.3 is 15.2 Å². The van der Waals surface area contributed by atoms with Crippen LogP contribution in [0.1, 0.15) is 11.1 Å². The quantitative estimate of drug-likeness (QED) is 0.529. The van der Waals surface area contributed by atoms with Gasteiger partial charge in [-0.05, 0) is 64.4 Å². The maximum Gasteiger partial charge on any atom is 0.307 e. The summed E-state index contributed by atoms with van der Waals surface area (Å²) >= 11 is 1.27. The number of rotatable bonds is 6. The van der Waals surface area contributed by atoms with E-state index in [0.29, 0.717) is 21.3 Å². The van der Waals surface area contributed by atoms with Gasteiger partial charge in [0.1, 0.15) is 5.75 Å². The molecule has 6 nitrogen and oxygen atoms in total. The molecule has 1 aliphatic heterocycles. The summed E-state index contributed by atoms with van der Waals surface area (Å²) in [6, 6.07) is 22.7. The van der Waals surface area contributed by atoms with E-state index in [1.54, 1.807) is 31.4 Å². The van der Waals surface area contributed by atoms with Crippen LogP contribution in [-0.4, -0.2) is 29.3 Å². The number of amidine groups is 1. The molecule has 2 N–H and O–H groups in total. The fourth-order valence-corrected chi connectivity index (χ4v) is 4.03. The van der Waals surface area contributed by atoms with E-state index in [-0.39, 0.29) is 12.3 Å². The number of hydrogen-bond acceptors (Lipinski definition) is 5. The first-order valence-electron chi connectivity index (χ1n) is 9.85. The largest absolute Gasteiger partial charge is 0.497 e. The predicted octanol–water partition coefficient (Wildman–Crippen LogP) is 4.88. The Labute approximate surface area is 189 Å². The number of carboxylic acids is 1. The molecule has 0 aliphatic carbocycles. The van der Waals surface area contributed by atoms with E-state index in [9.17, 15) is 9.59 Å². The Morgan fingerprint density at radius 3 is 2.50 bits per heavy atom. The van der Waals surface area contributed by atoms with Crippen LogP contribution in [0.25, 0.3) is 17.2 Å². The van der Waals surface area contributed by atoms with Crippen molar-refractivity contribution in [2.45, 2.75) is 6.42 Å². The fourth-order valence-electron chi connectivity index (χ4n) is 3.19. The summed E-state index contributed by atoms with van der Waals surface area (Å²) in [6.45, 7) is 0. The van der Waals surface area contributed by atoms with Gasteiger partial charge in [-0.1, -0.05) is 48.5 Å². The number of benzene rings is 3. The highest BCUT2D eigenvalue weighted by atomic mass is 32.2. The van der Waals surface area contributed by atoms with Gasteiger partial charge in [0.15, 0.2) is 5.17 Å². The van der Waals surface area contributed by atoms with Crippen LogP contribution >= 0.6 is 11.8 Å². The summed E-state index contributed by atoms with van der Waals surface area (Å²) in [5.74, 6) is -0.279. The monoisotopic (exact) mass is 444 g/mol. The summed E-state index contributed by atoms with van der Waals surface area (Å²) in [5.41, 5.74) is 4.37. The van der Waals surface area contributed by atoms with Gasteiger partial charge in [0, 0.05) is 0 Å². The number of hydrogen-bond donors (Lipinski definition) is 2. The number of nitrogens with one attached hydrogen (secondary N) is 1. The van der Waals surface area contributed by atoms with Crippen molar-refractivity contribution in [2.24, 2.45) is 4.99 Å². The molecule has 1 amide bonds. The molecular formula is C25H20N2O4S. The lowest BCUT2D eigenvalue weighted by Gasteiger charge is -2.05. The number of carbonyl (C=O) groups excluding carboxylic acids is 1. The van der Waals surface area contributed by atoms with Gasteiger partial charge in [0.05, 0.1) is 24.1 Å². The normalized spacial score (nSPS) is 15.7. The van der Waals surface area contributed by atoms with Crippen molar-refractivity contribution in [3.05, 3.63) is 88.8 Å². The third-order valence-electron chi connectivity index (χ3n) is 4.78. The van der Waals surface area contributed by atoms with E-state index in [2.05, 4.69) is 10.3 Å². The highest BCUT2D eigenvalue weighted by molar-refractivity contribution is 8.18. The van der Waals surface area contributed by atoms with Crippen molar-refractivity contribution in [1.82, 2.24) is 5.32 Å². The average molecular weight is 445 g/mol. The minimum atomic E-state index is -0.881. The van der Waals surface area contributed by atoms with Crippen LogP contribution in [0.4, 0.5) is 5.69 Å². The van der Waals surface area contributed by atoms with E-state index in [1.807, 2.05) is 54.6 Å². The van der Waals surface area contributed by atoms with Gasteiger partial charge in [-0.3, -0.25) is 9.59 Å². The lowest BCUT2D eigenvalue weighted by atomic mass is 10.0. The molecule has 0 atom stereocenters. The number of amides is 1. The third kappa shape index (κ3) is 5.25. The summed E-state index contributed by atoms with van der Waals surface area (Å²) in [7, 11) is 1.64. The Balaban J connectivity index is 1.47. The maximum atomic E-state index is 12.4. The van der Waals surface area contributed by atoms with Crippen LogP contribution in [0.2, 0.25) is 0 Å². The standard InChI is InChI=1S/C25H20N2O4S/c1-31-21-4-2-3-19(15-21)18-9-5-16(6-10-18)13-22-24(30)27-25(32-22)26-20-11-7-17(8-12-20)14-23(28)29/h2-13,15H,14H2,1H3,(H,28,29)(H,26,27,30). The molecule has 3 aromatic rings. The zero-order chi connectivity index (χ0) is 22.5. The summed E-state index contributed by atoms with van der Waals surface area (Å²) in [4.78, 5) is 28.1. The van der Waals surface area contributed by atoms with Crippen molar-refractivity contribution in [1.29, 1.82) is 0 Å². The third-order valence-corrected chi connectivity index (χ3v) is 5.69. The summed E-state index contributed by atoms with van der Waals surface area (Å²) in [6.07, 6.45) is 1.79. The molecule has 0 spiro atoms. The number of nitrogens with zero attached hydrogens (tertiary/aromatic N) is 1. The Bertz CT molecular complexity index is 1220. The molecule has 0 radical (unpaired) electrons. The second-order valence-electron chi connectivity index (χ2n) is 7.07. The highest BCUT2D eigenvalue weighted by Crippen LogP contribution is 2.29. The molecule has 4 rings (SSSR count). The van der Waals surface area contributed by atoms with Gasteiger partial charge in [-0.25, -0.2) is 4.99 Å². The summed E-state index contributed by atoms with van der Waals surface area (Å²) < 4.78 is 5.28.